The largest absolute Gasteiger partial charge is 0.487 e. The Balaban J connectivity index is 1.73. The van der Waals surface area contributed by atoms with Gasteiger partial charge < -0.3 is 14.2 Å². The van der Waals surface area contributed by atoms with Crippen molar-refractivity contribution in [3.8, 4) is 5.75 Å². The van der Waals surface area contributed by atoms with Crippen molar-refractivity contribution < 1.29 is 32.6 Å². The monoisotopic (exact) mass is 420 g/mol. The van der Waals surface area contributed by atoms with E-state index in [9.17, 15) is 18.4 Å². The Bertz CT molecular complexity index is 762. The van der Waals surface area contributed by atoms with Crippen LogP contribution in [0.1, 0.15) is 32.1 Å². The van der Waals surface area contributed by atoms with E-state index in [-0.39, 0.29) is 11.9 Å². The molecular formula is C23H26F2O5. The molecule has 7 heteroatoms. The van der Waals surface area contributed by atoms with E-state index in [1.165, 1.54) is 6.08 Å². The average Bonchev–Trinajstić information content (AvgIpc) is 3.05. The molecule has 162 valence electrons. The normalized spacial score (nSPS) is 28.4. The van der Waals surface area contributed by atoms with Gasteiger partial charge in [-0.25, -0.2) is 0 Å². The minimum absolute atomic E-state index is 0.240. The highest BCUT2D eigenvalue weighted by Gasteiger charge is 2.45. The van der Waals surface area contributed by atoms with Gasteiger partial charge in [0.25, 0.3) is 12.4 Å². The number of para-hydroxylation sites is 1. The van der Waals surface area contributed by atoms with Crippen LogP contribution in [0.15, 0.2) is 54.6 Å². The summed E-state index contributed by atoms with van der Waals surface area (Å²) in [6.07, 6.45) is 7.67. The predicted octanol–water partition coefficient (Wildman–Crippen LogP) is 4.48. The summed E-state index contributed by atoms with van der Waals surface area (Å²) in [7, 11) is 0. The number of halogens is 2. The lowest BCUT2D eigenvalue weighted by atomic mass is 9.89. The minimum atomic E-state index is -3.21. The zero-order valence-corrected chi connectivity index (χ0v) is 16.6. The smallest absolute Gasteiger partial charge is 0.306 e. The lowest BCUT2D eigenvalue weighted by Gasteiger charge is -2.24. The first kappa shape index (κ1) is 22.0. The maximum absolute atomic E-state index is 14.4. The van der Waals surface area contributed by atoms with Gasteiger partial charge in [-0.05, 0) is 37.5 Å². The van der Waals surface area contributed by atoms with E-state index in [0.29, 0.717) is 37.9 Å². The number of alkyl halides is 2. The van der Waals surface area contributed by atoms with Crippen LogP contribution < -0.4 is 4.74 Å². The topological polar surface area (TPSA) is 61.8 Å². The quantitative estimate of drug-likeness (QED) is 0.370. The lowest BCUT2D eigenvalue weighted by molar-refractivity contribution is -0.151. The summed E-state index contributed by atoms with van der Waals surface area (Å²) in [5.74, 6) is -3.88. The fourth-order valence-corrected chi connectivity index (χ4v) is 3.97. The predicted molar refractivity (Wildman–Crippen MR) is 106 cm³/mol. The Hall–Kier alpha value is -2.70. The van der Waals surface area contributed by atoms with Gasteiger partial charge in [-0.2, -0.15) is 8.78 Å². The molecule has 3 rings (SSSR count). The molecule has 4 atom stereocenters. The number of rotatable bonds is 7. The second kappa shape index (κ2) is 10.4. The van der Waals surface area contributed by atoms with Crippen molar-refractivity contribution >= 4 is 12.4 Å². The minimum Gasteiger partial charge on any atom is -0.487 e. The number of esters is 1. The van der Waals surface area contributed by atoms with Gasteiger partial charge in [-0.15, -0.1) is 0 Å². The van der Waals surface area contributed by atoms with Gasteiger partial charge in [0, 0.05) is 24.7 Å². The fourth-order valence-electron chi connectivity index (χ4n) is 3.97. The summed E-state index contributed by atoms with van der Waals surface area (Å²) in [4.78, 5) is 23.0. The number of carbonyl (C=O) groups is 2. The summed E-state index contributed by atoms with van der Waals surface area (Å²) in [6, 6.07) is 8.40. The molecule has 1 aromatic rings. The van der Waals surface area contributed by atoms with Crippen LogP contribution in [-0.2, 0) is 19.1 Å². The number of hydrogen-bond donors (Lipinski definition) is 0. The second-order valence-corrected chi connectivity index (χ2v) is 7.60. The number of ether oxygens (including phenoxy) is 3. The van der Waals surface area contributed by atoms with Gasteiger partial charge in [0.05, 0.1) is 0 Å². The highest BCUT2D eigenvalue weighted by atomic mass is 19.3. The van der Waals surface area contributed by atoms with Crippen molar-refractivity contribution in [3.63, 3.8) is 0 Å². The van der Waals surface area contributed by atoms with Gasteiger partial charge >= 0.3 is 5.97 Å². The molecule has 1 aliphatic heterocycles. The van der Waals surface area contributed by atoms with Crippen LogP contribution in [0.25, 0.3) is 0 Å². The zero-order chi connectivity index (χ0) is 21.4. The Morgan fingerprint density at radius 3 is 2.77 bits per heavy atom. The first-order chi connectivity index (χ1) is 14.5. The summed E-state index contributed by atoms with van der Waals surface area (Å²) >= 11 is 0. The molecule has 2 aliphatic rings. The van der Waals surface area contributed by atoms with E-state index in [1.807, 2.05) is 12.2 Å². The molecule has 0 amide bonds. The maximum atomic E-state index is 14.4. The zero-order valence-electron chi connectivity index (χ0n) is 16.6. The van der Waals surface area contributed by atoms with E-state index in [4.69, 9.17) is 14.2 Å². The average molecular weight is 420 g/mol. The van der Waals surface area contributed by atoms with E-state index >= 15 is 0 Å². The summed E-state index contributed by atoms with van der Waals surface area (Å²) < 4.78 is 44.7. The number of allylic oxidation sites excluding steroid dienone is 2. The van der Waals surface area contributed by atoms with Gasteiger partial charge in [0.15, 0.2) is 6.61 Å². The molecule has 5 nitrogen and oxygen atoms in total. The number of benzene rings is 1. The Morgan fingerprint density at radius 1 is 1.20 bits per heavy atom. The maximum Gasteiger partial charge on any atom is 0.306 e. The number of carbonyl (C=O) groups excluding carboxylic acids is 2. The van der Waals surface area contributed by atoms with Crippen LogP contribution in [0, 0.1) is 11.8 Å². The molecule has 1 aliphatic carbocycles. The molecule has 1 aromatic carbocycles. The van der Waals surface area contributed by atoms with Crippen LogP contribution in [0.4, 0.5) is 8.78 Å². The highest BCUT2D eigenvalue weighted by molar-refractivity contribution is 5.69. The van der Waals surface area contributed by atoms with E-state index in [1.54, 1.807) is 30.3 Å². The van der Waals surface area contributed by atoms with Gasteiger partial charge in [0.1, 0.15) is 18.0 Å². The first-order valence-electron chi connectivity index (χ1n) is 10.2. The van der Waals surface area contributed by atoms with Crippen LogP contribution in [0.2, 0.25) is 0 Å². The Labute approximate surface area is 174 Å². The van der Waals surface area contributed by atoms with Crippen molar-refractivity contribution in [3.05, 3.63) is 54.6 Å². The second-order valence-electron chi connectivity index (χ2n) is 7.60. The molecule has 0 saturated heterocycles. The molecule has 1 fully saturated rings. The standard InChI is InChI=1S/C23H26F2O5/c24-23(25,15-28-17-8-4-3-5-9-17)13-12-19-18-10-6-1-2-7-11-22(27)30-21(18)14-20(19)29-16-26/h1,3-6,8-9,12-13,16,18-21H,2,7,10-11,14-15H2/b6-1-,13-12+/t18-,19-,20-,21+/m1/s1. The molecule has 0 bridgehead atoms. The summed E-state index contributed by atoms with van der Waals surface area (Å²) in [5.41, 5.74) is 0. The van der Waals surface area contributed by atoms with Crippen molar-refractivity contribution in [1.82, 2.24) is 0 Å². The molecule has 0 aromatic heterocycles. The molecule has 30 heavy (non-hydrogen) atoms. The molecule has 0 radical (unpaired) electrons. The lowest BCUT2D eigenvalue weighted by Crippen LogP contribution is -2.27. The van der Waals surface area contributed by atoms with Crippen molar-refractivity contribution in [2.75, 3.05) is 6.61 Å². The molecule has 0 unspecified atom stereocenters. The van der Waals surface area contributed by atoms with Crippen molar-refractivity contribution in [2.45, 2.75) is 50.2 Å². The third-order valence-corrected chi connectivity index (χ3v) is 5.44. The van der Waals surface area contributed by atoms with E-state index in [2.05, 4.69) is 0 Å². The molecule has 1 heterocycles. The summed E-state index contributed by atoms with van der Waals surface area (Å²) in [5, 5.41) is 0. The van der Waals surface area contributed by atoms with Gasteiger partial charge in [0.2, 0.25) is 0 Å². The highest BCUT2D eigenvalue weighted by Crippen LogP contribution is 2.40. The van der Waals surface area contributed by atoms with Gasteiger partial charge in [-0.3, -0.25) is 9.59 Å². The summed E-state index contributed by atoms with van der Waals surface area (Å²) in [6.45, 7) is -0.486. The van der Waals surface area contributed by atoms with Crippen LogP contribution >= 0.6 is 0 Å². The fraction of sp³-hybridized carbons (Fsp3) is 0.478. The third kappa shape index (κ3) is 6.15. The molecule has 1 saturated carbocycles. The number of fused-ring (bicyclic) bond motifs is 1. The molecule has 0 N–H and O–H groups in total. The van der Waals surface area contributed by atoms with Gasteiger partial charge in [-0.1, -0.05) is 36.4 Å². The van der Waals surface area contributed by atoms with E-state index < -0.39 is 30.7 Å². The van der Waals surface area contributed by atoms with Crippen LogP contribution in [0.5, 0.6) is 5.75 Å². The van der Waals surface area contributed by atoms with Crippen molar-refractivity contribution in [1.29, 1.82) is 0 Å². The van der Waals surface area contributed by atoms with Crippen molar-refractivity contribution in [2.24, 2.45) is 11.8 Å². The van der Waals surface area contributed by atoms with E-state index in [0.717, 1.165) is 12.5 Å². The SMILES string of the molecule is O=CO[C@@H]1C[C@@H]2OC(=O)CCC/C=C\C[C@@H]2[C@H]1/C=C/C(F)(F)COc1ccccc1. The number of hydrogen-bond acceptors (Lipinski definition) is 5. The molecular weight excluding hydrogens is 394 g/mol. The first-order valence-corrected chi connectivity index (χ1v) is 10.2. The Kier molecular flexibility index (Phi) is 7.60. The molecule has 0 spiro atoms. The third-order valence-electron chi connectivity index (χ3n) is 5.44. The van der Waals surface area contributed by atoms with Crippen LogP contribution in [0.3, 0.4) is 0 Å². The van der Waals surface area contributed by atoms with Crippen LogP contribution in [-0.4, -0.2) is 37.2 Å². The Morgan fingerprint density at radius 2 is 2.00 bits per heavy atom.